The van der Waals surface area contributed by atoms with Gasteiger partial charge in [-0.3, -0.25) is 14.4 Å². The molecule has 1 fully saturated rings. The molecule has 0 unspecified atom stereocenters. The number of aldehydes is 1. The van der Waals surface area contributed by atoms with E-state index in [1.165, 1.54) is 58.3 Å². The van der Waals surface area contributed by atoms with Gasteiger partial charge in [0, 0.05) is 24.2 Å². The van der Waals surface area contributed by atoms with Crippen LogP contribution in [0.4, 0.5) is 5.69 Å². The summed E-state index contributed by atoms with van der Waals surface area (Å²) >= 11 is 0. The summed E-state index contributed by atoms with van der Waals surface area (Å²) < 4.78 is 4.86. The second kappa shape index (κ2) is 21.2. The summed E-state index contributed by atoms with van der Waals surface area (Å²) in [5.74, 6) is -1.33. The molecule has 0 radical (unpaired) electrons. The number of carboxylic acids is 2. The van der Waals surface area contributed by atoms with Crippen LogP contribution in [0.3, 0.4) is 0 Å². The minimum atomic E-state index is -0.955. The van der Waals surface area contributed by atoms with Crippen LogP contribution in [-0.4, -0.2) is 60.1 Å². The fourth-order valence-corrected chi connectivity index (χ4v) is 3.18. The number of carbonyl (C=O) groups is 4. The van der Waals surface area contributed by atoms with Gasteiger partial charge in [0.1, 0.15) is 18.1 Å². The van der Waals surface area contributed by atoms with E-state index >= 15 is 0 Å². The van der Waals surface area contributed by atoms with Gasteiger partial charge in [0.15, 0.2) is 0 Å². The zero-order valence-corrected chi connectivity index (χ0v) is 22.7. The third-order valence-corrected chi connectivity index (χ3v) is 5.39. The molecule has 0 spiro atoms. The van der Waals surface area contributed by atoms with Crippen molar-refractivity contribution in [1.29, 1.82) is 0 Å². The van der Waals surface area contributed by atoms with Crippen LogP contribution in [0.15, 0.2) is 48.5 Å². The maximum absolute atomic E-state index is 10.6. The molecule has 1 aliphatic rings. The van der Waals surface area contributed by atoms with E-state index in [-0.39, 0.29) is 11.5 Å². The van der Waals surface area contributed by atoms with Crippen LogP contribution < -0.4 is 27.3 Å². The van der Waals surface area contributed by atoms with Crippen LogP contribution in [0.2, 0.25) is 0 Å². The monoisotopic (exact) mass is 546 g/mol. The quantitative estimate of drug-likeness (QED) is 0.266. The molecule has 1 atom stereocenters. The van der Waals surface area contributed by atoms with Crippen molar-refractivity contribution in [2.75, 3.05) is 19.0 Å². The molecule has 2 aromatic rings. The Morgan fingerprint density at radius 1 is 1.03 bits per heavy atom. The van der Waals surface area contributed by atoms with Gasteiger partial charge < -0.3 is 37.5 Å². The number of ether oxygens (including phenoxy) is 1. The highest BCUT2D eigenvalue weighted by molar-refractivity contribution is 5.89. The minimum absolute atomic E-state index is 0.117. The van der Waals surface area contributed by atoms with Crippen molar-refractivity contribution >= 4 is 29.8 Å². The van der Waals surface area contributed by atoms with Gasteiger partial charge in [-0.15, -0.1) is 0 Å². The number of methoxy groups -OCH3 is 1. The number of carboxylic acid groups (broad SMARTS) is 2. The van der Waals surface area contributed by atoms with Crippen molar-refractivity contribution in [3.05, 3.63) is 59.7 Å². The lowest BCUT2D eigenvalue weighted by molar-refractivity contribution is -0.138. The number of anilines is 1. The largest absolute Gasteiger partial charge is 0.497 e. The van der Waals surface area contributed by atoms with E-state index in [1.54, 1.807) is 36.4 Å². The molecule has 11 heteroatoms. The van der Waals surface area contributed by atoms with Crippen molar-refractivity contribution in [2.24, 2.45) is 17.2 Å². The first-order chi connectivity index (χ1) is 18.5. The van der Waals surface area contributed by atoms with E-state index < -0.39 is 18.0 Å². The normalized spacial score (nSPS) is 12.9. The summed E-state index contributed by atoms with van der Waals surface area (Å²) in [4.78, 5) is 41.2. The zero-order chi connectivity index (χ0) is 29.6. The van der Waals surface area contributed by atoms with Gasteiger partial charge in [0.2, 0.25) is 5.91 Å². The first kappa shape index (κ1) is 35.2. The van der Waals surface area contributed by atoms with E-state index in [0.29, 0.717) is 42.4 Å². The Kier molecular flexibility index (Phi) is 19.1. The summed E-state index contributed by atoms with van der Waals surface area (Å²) in [6.07, 6.45) is 8.56. The van der Waals surface area contributed by atoms with Crippen molar-refractivity contribution in [3.63, 3.8) is 0 Å². The Hall–Kier alpha value is -3.80. The number of aliphatic carboxylic acids is 1. The SMILES string of the molecule is CC(=O)Nc1ccc(C=O)cc1.COc1ccc(C(=O)O)cc1.NC1CCCCC1.NCCC[C@H](N)C(=O)O. The van der Waals surface area contributed by atoms with Crippen molar-refractivity contribution < 1.29 is 34.1 Å². The van der Waals surface area contributed by atoms with Crippen LogP contribution >= 0.6 is 0 Å². The fourth-order valence-electron chi connectivity index (χ4n) is 3.18. The van der Waals surface area contributed by atoms with Gasteiger partial charge in [-0.2, -0.15) is 0 Å². The predicted molar refractivity (Wildman–Crippen MR) is 151 cm³/mol. The summed E-state index contributed by atoms with van der Waals surface area (Å²) in [5, 5.41) is 19.4. The lowest BCUT2D eigenvalue weighted by Crippen LogP contribution is -2.30. The van der Waals surface area contributed by atoms with Crippen LogP contribution in [0.5, 0.6) is 5.75 Å². The second-order valence-corrected chi connectivity index (χ2v) is 8.73. The highest BCUT2D eigenvalue weighted by atomic mass is 16.5. The molecule has 216 valence electrons. The fraction of sp³-hybridized carbons (Fsp3) is 0.429. The number of nitrogens with two attached hydrogens (primary N) is 3. The molecule has 0 heterocycles. The summed E-state index contributed by atoms with van der Waals surface area (Å²) in [7, 11) is 1.54. The Morgan fingerprint density at radius 3 is 1.95 bits per heavy atom. The van der Waals surface area contributed by atoms with Crippen LogP contribution in [0.25, 0.3) is 0 Å². The number of rotatable bonds is 8. The molecule has 9 N–H and O–H groups in total. The number of nitrogens with one attached hydrogen (secondary N) is 1. The molecule has 1 aliphatic carbocycles. The average Bonchev–Trinajstić information content (AvgIpc) is 2.93. The van der Waals surface area contributed by atoms with Crippen molar-refractivity contribution in [3.8, 4) is 5.75 Å². The molecule has 0 aromatic heterocycles. The molecule has 1 saturated carbocycles. The number of hydrogen-bond acceptors (Lipinski definition) is 8. The van der Waals surface area contributed by atoms with Crippen molar-refractivity contribution in [2.45, 2.75) is 64.0 Å². The maximum atomic E-state index is 10.6. The second-order valence-electron chi connectivity index (χ2n) is 8.73. The molecule has 2 aromatic carbocycles. The Morgan fingerprint density at radius 2 is 1.59 bits per heavy atom. The molecule has 0 saturated heterocycles. The highest BCUT2D eigenvalue weighted by Crippen LogP contribution is 2.15. The molecular formula is C28H42N4O7. The molecule has 39 heavy (non-hydrogen) atoms. The first-order valence-electron chi connectivity index (χ1n) is 12.7. The summed E-state index contributed by atoms with van der Waals surface area (Å²) in [5.41, 5.74) is 17.5. The van der Waals surface area contributed by atoms with E-state index in [4.69, 9.17) is 32.2 Å². The standard InChI is InChI=1S/C9H9NO2.C8H8O3.C6H13N.C5H12N2O2/c1-7(12)10-9-4-2-8(6-11)3-5-9;1-11-7-4-2-6(3-5-7)8(9)10;7-6-4-2-1-3-5-6;6-3-1-2-4(7)5(8)9/h2-6H,1H3,(H,10,12);2-5H,1H3,(H,9,10);6H,1-5,7H2;4H,1-3,6-7H2,(H,8,9)/t;;;4-/m...0/s1. The Labute approximate surface area is 229 Å². The lowest BCUT2D eigenvalue weighted by atomic mass is 9.97. The number of benzene rings is 2. The Bertz CT molecular complexity index is 976. The molecule has 11 nitrogen and oxygen atoms in total. The summed E-state index contributed by atoms with van der Waals surface area (Å²) in [6.45, 7) is 1.94. The number of carbonyl (C=O) groups excluding carboxylic acids is 2. The maximum Gasteiger partial charge on any atom is 0.335 e. The molecule has 0 aliphatic heterocycles. The number of hydrogen-bond donors (Lipinski definition) is 6. The zero-order valence-electron chi connectivity index (χ0n) is 22.7. The van der Waals surface area contributed by atoms with Gasteiger partial charge in [-0.05, 0) is 80.8 Å². The average molecular weight is 547 g/mol. The van der Waals surface area contributed by atoms with E-state index in [0.717, 1.165) is 6.29 Å². The van der Waals surface area contributed by atoms with Crippen molar-refractivity contribution in [1.82, 2.24) is 0 Å². The molecule has 3 rings (SSSR count). The topological polar surface area (TPSA) is 208 Å². The molecular weight excluding hydrogens is 504 g/mol. The third kappa shape index (κ3) is 18.2. The van der Waals surface area contributed by atoms with Gasteiger partial charge in [0.25, 0.3) is 0 Å². The Balaban J connectivity index is 0.000000503. The van der Waals surface area contributed by atoms with Gasteiger partial charge in [-0.25, -0.2) is 4.79 Å². The van der Waals surface area contributed by atoms with E-state index in [1.807, 2.05) is 0 Å². The van der Waals surface area contributed by atoms with Crippen LogP contribution in [-0.2, 0) is 9.59 Å². The van der Waals surface area contributed by atoms with Gasteiger partial charge in [-0.1, -0.05) is 19.3 Å². The van der Waals surface area contributed by atoms with Crippen LogP contribution in [0.1, 0.15) is 72.6 Å². The van der Waals surface area contributed by atoms with E-state index in [9.17, 15) is 19.2 Å². The minimum Gasteiger partial charge on any atom is -0.497 e. The number of aromatic carboxylic acids is 1. The lowest BCUT2D eigenvalue weighted by Gasteiger charge is -2.15. The number of amides is 1. The van der Waals surface area contributed by atoms with Gasteiger partial charge in [0.05, 0.1) is 12.7 Å². The molecule has 0 bridgehead atoms. The first-order valence-corrected chi connectivity index (χ1v) is 12.7. The van der Waals surface area contributed by atoms with Crippen LogP contribution in [0, 0.1) is 0 Å². The molecule has 1 amide bonds. The van der Waals surface area contributed by atoms with E-state index in [2.05, 4.69) is 5.32 Å². The smallest absolute Gasteiger partial charge is 0.335 e. The van der Waals surface area contributed by atoms with Gasteiger partial charge >= 0.3 is 11.9 Å². The summed E-state index contributed by atoms with van der Waals surface area (Å²) in [6, 6.07) is 12.7. The third-order valence-electron chi connectivity index (χ3n) is 5.39. The highest BCUT2D eigenvalue weighted by Gasteiger charge is 2.09. The predicted octanol–water partition coefficient (Wildman–Crippen LogP) is 3.27.